The molecule has 3 rings (SSSR count). The van der Waals surface area contributed by atoms with Gasteiger partial charge in [0.25, 0.3) is 5.89 Å². The predicted octanol–water partition coefficient (Wildman–Crippen LogP) is 2.91. The third-order valence-electron chi connectivity index (χ3n) is 2.68. The number of nitrogens with zero attached hydrogens (tertiary/aromatic N) is 4. The Morgan fingerprint density at radius 1 is 1.05 bits per heavy atom. The molecule has 3 heterocycles. The summed E-state index contributed by atoms with van der Waals surface area (Å²) in [6.45, 7) is 4.06. The van der Waals surface area contributed by atoms with Gasteiger partial charge >= 0.3 is 0 Å². The number of hydrogen-bond donors (Lipinski definition) is 0. The van der Waals surface area contributed by atoms with Crippen LogP contribution in [0.4, 0.5) is 0 Å². The minimum atomic E-state index is 0.267. The van der Waals surface area contributed by atoms with E-state index in [1.54, 1.807) is 12.4 Å². The minimum Gasteiger partial charge on any atom is -0.360 e. The van der Waals surface area contributed by atoms with Crippen molar-refractivity contribution >= 4 is 0 Å². The van der Waals surface area contributed by atoms with Gasteiger partial charge in [-0.05, 0) is 12.1 Å². The van der Waals surface area contributed by atoms with E-state index in [0.717, 1.165) is 11.3 Å². The Kier molecular flexibility index (Phi) is 2.83. The third-order valence-corrected chi connectivity index (χ3v) is 2.68. The number of hydrogen-bond acceptors (Lipinski definition) is 6. The van der Waals surface area contributed by atoms with Crippen LogP contribution in [0.1, 0.15) is 25.5 Å². The third kappa shape index (κ3) is 2.24. The van der Waals surface area contributed by atoms with Crippen LogP contribution in [0.3, 0.4) is 0 Å². The lowest BCUT2D eigenvalue weighted by Gasteiger charge is -1.93. The Hall–Kier alpha value is -2.50. The van der Waals surface area contributed by atoms with Crippen molar-refractivity contribution in [1.82, 2.24) is 20.3 Å². The predicted molar refractivity (Wildman–Crippen MR) is 67.1 cm³/mol. The highest BCUT2D eigenvalue weighted by Gasteiger charge is 2.16. The molecule has 0 amide bonds. The van der Waals surface area contributed by atoms with Crippen LogP contribution >= 0.6 is 0 Å². The second-order valence-electron chi connectivity index (χ2n) is 4.43. The molecular formula is C13H12N4O2. The maximum Gasteiger partial charge on any atom is 0.280 e. The Morgan fingerprint density at radius 3 is 2.53 bits per heavy atom. The van der Waals surface area contributed by atoms with Gasteiger partial charge < -0.3 is 9.05 Å². The van der Waals surface area contributed by atoms with Crippen molar-refractivity contribution < 1.29 is 9.05 Å². The van der Waals surface area contributed by atoms with E-state index in [1.165, 1.54) is 0 Å². The monoisotopic (exact) mass is 256 g/mol. The molecule has 6 nitrogen and oxygen atoms in total. The van der Waals surface area contributed by atoms with Crippen LogP contribution in [0, 0.1) is 0 Å². The van der Waals surface area contributed by atoms with Gasteiger partial charge in [-0.15, -0.1) is 0 Å². The van der Waals surface area contributed by atoms with Gasteiger partial charge in [0.1, 0.15) is 5.76 Å². The summed E-state index contributed by atoms with van der Waals surface area (Å²) in [5.41, 5.74) is 1.40. The van der Waals surface area contributed by atoms with E-state index in [4.69, 9.17) is 9.05 Å². The van der Waals surface area contributed by atoms with Crippen molar-refractivity contribution in [1.29, 1.82) is 0 Å². The molecule has 0 saturated carbocycles. The smallest absolute Gasteiger partial charge is 0.280 e. The summed E-state index contributed by atoms with van der Waals surface area (Å²) in [5.74, 6) is 1.91. The van der Waals surface area contributed by atoms with Gasteiger partial charge in [-0.3, -0.25) is 4.98 Å². The van der Waals surface area contributed by atoms with Crippen molar-refractivity contribution in [2.45, 2.75) is 19.8 Å². The summed E-state index contributed by atoms with van der Waals surface area (Å²) in [6, 6.07) is 5.45. The van der Waals surface area contributed by atoms with Crippen LogP contribution in [-0.2, 0) is 0 Å². The highest BCUT2D eigenvalue weighted by molar-refractivity contribution is 5.56. The first kappa shape index (κ1) is 11.6. The van der Waals surface area contributed by atoms with E-state index in [2.05, 4.69) is 20.3 Å². The quantitative estimate of drug-likeness (QED) is 0.717. The summed E-state index contributed by atoms with van der Waals surface area (Å²) in [5, 5.41) is 7.85. The van der Waals surface area contributed by atoms with Gasteiger partial charge in [-0.25, -0.2) is 0 Å². The average Bonchev–Trinajstić information content (AvgIpc) is 3.09. The van der Waals surface area contributed by atoms with Crippen LogP contribution in [0.5, 0.6) is 0 Å². The van der Waals surface area contributed by atoms with Crippen molar-refractivity contribution in [3.8, 4) is 23.0 Å². The fourth-order valence-electron chi connectivity index (χ4n) is 1.61. The molecule has 0 radical (unpaired) electrons. The summed E-state index contributed by atoms with van der Waals surface area (Å²) < 4.78 is 10.4. The van der Waals surface area contributed by atoms with Crippen molar-refractivity contribution in [2.24, 2.45) is 0 Å². The second kappa shape index (κ2) is 4.64. The maximum atomic E-state index is 5.21. The summed E-state index contributed by atoms with van der Waals surface area (Å²) in [7, 11) is 0. The first-order chi connectivity index (χ1) is 9.24. The summed E-state index contributed by atoms with van der Waals surface area (Å²) >= 11 is 0. The molecule has 0 unspecified atom stereocenters. The normalized spacial score (nSPS) is 11.1. The van der Waals surface area contributed by atoms with Gasteiger partial charge in [-0.2, -0.15) is 4.98 Å². The van der Waals surface area contributed by atoms with Crippen molar-refractivity contribution in [2.75, 3.05) is 0 Å². The van der Waals surface area contributed by atoms with Gasteiger partial charge in [0, 0.05) is 29.9 Å². The number of rotatable bonds is 3. The molecule has 0 aliphatic rings. The Morgan fingerprint density at radius 2 is 1.84 bits per heavy atom. The zero-order chi connectivity index (χ0) is 13.2. The fourth-order valence-corrected chi connectivity index (χ4v) is 1.61. The summed E-state index contributed by atoms with van der Waals surface area (Å²) in [4.78, 5) is 8.24. The van der Waals surface area contributed by atoms with Crippen LogP contribution in [-0.4, -0.2) is 20.3 Å². The van der Waals surface area contributed by atoms with E-state index in [9.17, 15) is 0 Å². The molecule has 0 spiro atoms. The number of aromatic nitrogens is 4. The Labute approximate surface area is 109 Å². The van der Waals surface area contributed by atoms with Crippen LogP contribution < -0.4 is 0 Å². The molecule has 0 aromatic carbocycles. The lowest BCUT2D eigenvalue weighted by atomic mass is 10.1. The standard InChI is InChI=1S/C13H12N4O2/c1-8(2)11-7-10(16-18-11)13-15-12(17-19-13)9-3-5-14-6-4-9/h3-8H,1-2H3. The highest BCUT2D eigenvalue weighted by atomic mass is 16.5. The molecule has 3 aromatic rings. The summed E-state index contributed by atoms with van der Waals surface area (Å²) in [6.07, 6.45) is 3.36. The molecule has 0 saturated heterocycles. The zero-order valence-corrected chi connectivity index (χ0v) is 10.6. The van der Waals surface area contributed by atoms with Gasteiger partial charge in [0.2, 0.25) is 5.82 Å². The molecular weight excluding hydrogens is 244 g/mol. The molecule has 0 aliphatic heterocycles. The molecule has 0 fully saturated rings. The Bertz CT molecular complexity index is 673. The largest absolute Gasteiger partial charge is 0.360 e. The van der Waals surface area contributed by atoms with Gasteiger partial charge in [0.15, 0.2) is 5.69 Å². The second-order valence-corrected chi connectivity index (χ2v) is 4.43. The van der Waals surface area contributed by atoms with Crippen LogP contribution in [0.15, 0.2) is 39.6 Å². The highest BCUT2D eigenvalue weighted by Crippen LogP contribution is 2.24. The fraction of sp³-hybridized carbons (Fsp3) is 0.231. The lowest BCUT2D eigenvalue weighted by Crippen LogP contribution is -1.82. The van der Waals surface area contributed by atoms with E-state index >= 15 is 0 Å². The molecule has 19 heavy (non-hydrogen) atoms. The first-order valence-electron chi connectivity index (χ1n) is 5.95. The first-order valence-corrected chi connectivity index (χ1v) is 5.95. The van der Waals surface area contributed by atoms with Crippen LogP contribution in [0.25, 0.3) is 23.0 Å². The Balaban J connectivity index is 1.92. The van der Waals surface area contributed by atoms with E-state index in [1.807, 2.05) is 32.0 Å². The topological polar surface area (TPSA) is 77.8 Å². The minimum absolute atomic E-state index is 0.267. The molecule has 0 bridgehead atoms. The molecule has 0 aliphatic carbocycles. The van der Waals surface area contributed by atoms with Crippen molar-refractivity contribution in [3.63, 3.8) is 0 Å². The zero-order valence-electron chi connectivity index (χ0n) is 10.6. The van der Waals surface area contributed by atoms with Gasteiger partial charge in [0.05, 0.1) is 0 Å². The van der Waals surface area contributed by atoms with Crippen LogP contribution in [0.2, 0.25) is 0 Å². The molecule has 0 N–H and O–H groups in total. The lowest BCUT2D eigenvalue weighted by molar-refractivity contribution is 0.368. The number of pyridine rings is 1. The average molecular weight is 256 g/mol. The molecule has 3 aromatic heterocycles. The molecule has 96 valence electrons. The van der Waals surface area contributed by atoms with Crippen molar-refractivity contribution in [3.05, 3.63) is 36.4 Å². The molecule has 0 atom stereocenters. The SMILES string of the molecule is CC(C)c1cc(-c2nc(-c3ccncc3)no2)no1. The van der Waals surface area contributed by atoms with Gasteiger partial charge in [-0.1, -0.05) is 24.2 Å². The van der Waals surface area contributed by atoms with E-state index in [-0.39, 0.29) is 5.92 Å². The van der Waals surface area contributed by atoms with E-state index in [0.29, 0.717) is 17.4 Å². The molecule has 6 heteroatoms. The van der Waals surface area contributed by atoms with E-state index < -0.39 is 0 Å². The maximum absolute atomic E-state index is 5.21.